The minimum atomic E-state index is -4.05. The number of carbonyl (C=O) groups is 4. The van der Waals surface area contributed by atoms with Crippen molar-refractivity contribution in [3.8, 4) is 28.6 Å². The summed E-state index contributed by atoms with van der Waals surface area (Å²) in [6.45, 7) is 9.09. The SMILES string of the molecule is COc1ccc2c(O[C@@H]3C[C@H]4C(=O)N[C@]5(C(=O)NS(=O)(=O)C6(C)CC6)C[C@H]5/C=C\CC[C@@H](C)C[C@@H](C)[C@H](NC(=O)OC5CC6CC6C5)C(=O)N4C3)nc(-c3ccc(OC(C)C)c(F)c3)cc2c1. The first kappa shape index (κ1) is 46.7. The molecule has 15 nitrogen and oxygen atoms in total. The Morgan fingerprint density at radius 1 is 0.985 bits per heavy atom. The number of allylic oxidation sites excluding steroid dienone is 1. The molecule has 4 aliphatic carbocycles. The number of benzene rings is 2. The smallest absolute Gasteiger partial charge is 0.408 e. The number of carbonyl (C=O) groups excluding carboxylic acids is 4. The van der Waals surface area contributed by atoms with E-state index >= 15 is 9.18 Å². The molecule has 3 aromatic rings. The number of methoxy groups -OCH3 is 1. The number of nitrogens with one attached hydrogen (secondary N) is 3. The summed E-state index contributed by atoms with van der Waals surface area (Å²) in [7, 11) is -2.50. The van der Waals surface area contributed by atoms with Crippen molar-refractivity contribution in [2.24, 2.45) is 29.6 Å². The molecule has 2 unspecified atom stereocenters. The molecule has 3 N–H and O–H groups in total. The molecular formula is C50H62FN5O10S. The van der Waals surface area contributed by atoms with E-state index in [4.69, 9.17) is 23.9 Å². The van der Waals surface area contributed by atoms with Crippen molar-refractivity contribution in [1.82, 2.24) is 25.2 Å². The fourth-order valence-corrected chi connectivity index (χ4v) is 11.7. The average Bonchev–Trinajstić information content (AvgIpc) is 4.24. The summed E-state index contributed by atoms with van der Waals surface area (Å²) in [6.07, 6.45) is 7.49. The zero-order chi connectivity index (χ0) is 47.6. The number of alkyl carbamates (subject to hydrolysis) is 1. The Morgan fingerprint density at radius 2 is 1.75 bits per heavy atom. The zero-order valence-electron chi connectivity index (χ0n) is 39.0. The van der Waals surface area contributed by atoms with Crippen LogP contribution < -0.4 is 29.6 Å². The Labute approximate surface area is 391 Å². The summed E-state index contributed by atoms with van der Waals surface area (Å²) < 4.78 is 67.1. The number of rotatable bonds is 11. The Bertz CT molecular complexity index is 2590. The predicted octanol–water partition coefficient (Wildman–Crippen LogP) is 6.96. The van der Waals surface area contributed by atoms with Crippen molar-refractivity contribution in [3.63, 3.8) is 0 Å². The number of pyridine rings is 1. The summed E-state index contributed by atoms with van der Waals surface area (Å²) in [5, 5.41) is 7.11. The van der Waals surface area contributed by atoms with E-state index in [1.807, 2.05) is 32.9 Å². The van der Waals surface area contributed by atoms with Crippen LogP contribution in [-0.4, -0.2) is 96.5 Å². The molecule has 67 heavy (non-hydrogen) atoms. The lowest BCUT2D eigenvalue weighted by Gasteiger charge is -2.33. The van der Waals surface area contributed by atoms with Gasteiger partial charge in [-0.05, 0) is 150 Å². The summed E-state index contributed by atoms with van der Waals surface area (Å²) in [5.41, 5.74) is -0.753. The minimum absolute atomic E-state index is 0.0433. The highest BCUT2D eigenvalue weighted by atomic mass is 32.2. The van der Waals surface area contributed by atoms with Crippen LogP contribution in [-0.2, 0) is 29.1 Å². The molecule has 1 aromatic heterocycles. The van der Waals surface area contributed by atoms with Crippen LogP contribution in [0.15, 0.2) is 54.6 Å². The second-order valence-corrected chi connectivity index (χ2v) is 22.7. The molecule has 9 rings (SSSR count). The van der Waals surface area contributed by atoms with Gasteiger partial charge in [-0.15, -0.1) is 0 Å². The first-order chi connectivity index (χ1) is 31.8. The first-order valence-corrected chi connectivity index (χ1v) is 25.3. The number of aromatic nitrogens is 1. The van der Waals surface area contributed by atoms with E-state index in [1.165, 1.54) is 11.0 Å². The van der Waals surface area contributed by atoms with Crippen LogP contribution in [0.2, 0.25) is 0 Å². The molecule has 4 amide bonds. The highest BCUT2D eigenvalue weighted by Gasteiger charge is 2.63. The van der Waals surface area contributed by atoms with Crippen LogP contribution in [0.5, 0.6) is 17.4 Å². The van der Waals surface area contributed by atoms with Crippen LogP contribution in [0.25, 0.3) is 22.0 Å². The number of hydrogen-bond acceptors (Lipinski definition) is 11. The van der Waals surface area contributed by atoms with Gasteiger partial charge in [0.05, 0.1) is 30.2 Å². The number of amides is 4. The van der Waals surface area contributed by atoms with Crippen LogP contribution in [0.4, 0.5) is 9.18 Å². The average molecular weight is 944 g/mol. The van der Waals surface area contributed by atoms with Gasteiger partial charge in [0.2, 0.25) is 27.7 Å². The van der Waals surface area contributed by atoms with Crippen molar-refractivity contribution < 1.29 is 50.9 Å². The van der Waals surface area contributed by atoms with Gasteiger partial charge >= 0.3 is 6.09 Å². The molecule has 6 aliphatic rings. The van der Waals surface area contributed by atoms with Gasteiger partial charge < -0.3 is 34.5 Å². The molecule has 2 aliphatic heterocycles. The van der Waals surface area contributed by atoms with Crippen LogP contribution >= 0.6 is 0 Å². The molecule has 360 valence electrons. The second-order valence-electron chi connectivity index (χ2n) is 20.5. The summed E-state index contributed by atoms with van der Waals surface area (Å²) in [5.74, 6) is -1.36. The molecular weight excluding hydrogens is 882 g/mol. The van der Waals surface area contributed by atoms with Gasteiger partial charge in [0.25, 0.3) is 5.91 Å². The lowest BCUT2D eigenvalue weighted by Crippen LogP contribution is -2.59. The summed E-state index contributed by atoms with van der Waals surface area (Å²) in [6, 6.07) is 9.43. The molecule has 0 spiro atoms. The minimum Gasteiger partial charge on any atom is -0.497 e. The van der Waals surface area contributed by atoms with Gasteiger partial charge in [0, 0.05) is 23.3 Å². The Morgan fingerprint density at radius 3 is 2.45 bits per heavy atom. The molecule has 5 fully saturated rings. The number of hydrogen-bond donors (Lipinski definition) is 3. The molecule has 9 atom stereocenters. The summed E-state index contributed by atoms with van der Waals surface area (Å²) in [4.78, 5) is 64.1. The van der Waals surface area contributed by atoms with Gasteiger partial charge in [-0.25, -0.2) is 22.6 Å². The Balaban J connectivity index is 1.06. The van der Waals surface area contributed by atoms with Crippen molar-refractivity contribution in [2.75, 3.05) is 13.7 Å². The third kappa shape index (κ3) is 9.66. The van der Waals surface area contributed by atoms with E-state index in [1.54, 1.807) is 50.4 Å². The molecule has 0 radical (unpaired) electrons. The van der Waals surface area contributed by atoms with Crippen molar-refractivity contribution in [1.29, 1.82) is 0 Å². The van der Waals surface area contributed by atoms with Crippen LogP contribution in [0.1, 0.15) is 98.8 Å². The monoisotopic (exact) mass is 943 g/mol. The van der Waals surface area contributed by atoms with Gasteiger partial charge in [-0.1, -0.05) is 26.0 Å². The lowest BCUT2D eigenvalue weighted by atomic mass is 9.88. The van der Waals surface area contributed by atoms with E-state index in [-0.39, 0.29) is 55.1 Å². The maximum atomic E-state index is 15.4. The molecule has 0 bridgehead atoms. The first-order valence-electron chi connectivity index (χ1n) is 23.8. The largest absolute Gasteiger partial charge is 0.497 e. The Kier molecular flexibility index (Phi) is 12.5. The third-order valence-electron chi connectivity index (χ3n) is 14.9. The number of nitrogens with zero attached hydrogens (tertiary/aromatic N) is 2. The number of ether oxygens (including phenoxy) is 4. The maximum absolute atomic E-state index is 15.4. The fourth-order valence-electron chi connectivity index (χ4n) is 10.4. The van der Waals surface area contributed by atoms with E-state index < -0.39 is 74.0 Å². The van der Waals surface area contributed by atoms with Crippen molar-refractivity contribution in [3.05, 3.63) is 60.4 Å². The normalized spacial score (nSPS) is 31.5. The number of fused-ring (bicyclic) bond motifs is 4. The highest BCUT2D eigenvalue weighted by molar-refractivity contribution is 7.91. The molecule has 17 heteroatoms. The van der Waals surface area contributed by atoms with E-state index in [0.717, 1.165) is 25.7 Å². The van der Waals surface area contributed by atoms with Gasteiger partial charge in [0.1, 0.15) is 35.6 Å². The maximum Gasteiger partial charge on any atom is 0.408 e. The number of sulfonamides is 1. The summed E-state index contributed by atoms with van der Waals surface area (Å²) >= 11 is 0. The third-order valence-corrected chi connectivity index (χ3v) is 17.0. The quantitative estimate of drug-likeness (QED) is 0.168. The standard InChI is InChI=1S/C50H62FN5O10S/c1-27(2)64-42-14-11-30(22-39(42)51)40-23-33-21-35(63-6)12-13-38(33)45(52-40)65-37-24-41-44(57)54-50(47(59)55-67(61,62)49(5)15-16-49)25-34(50)10-8-7-9-28(3)17-29(4)43(46(58)56(41)26-37)53-48(60)66-36-19-31-18-32(31)20-36/h8,10-14,21-23,27-29,31-32,34,36-37,41,43H,7,9,15-20,24-26H2,1-6H3,(H,53,60)(H,54,57)(H,55,59)/b10-8-/t28-,29-,31?,32?,34-,36?,37-,41+,43+,50-/m1/s1. The Hall–Kier alpha value is -5.45. The molecule has 3 heterocycles. The van der Waals surface area contributed by atoms with Crippen LogP contribution in [0.3, 0.4) is 0 Å². The molecule has 4 saturated carbocycles. The van der Waals surface area contributed by atoms with Crippen molar-refractivity contribution in [2.45, 2.75) is 140 Å². The van der Waals surface area contributed by atoms with E-state index in [2.05, 4.69) is 22.3 Å². The fraction of sp³-hybridized carbons (Fsp3) is 0.580. The highest BCUT2D eigenvalue weighted by Crippen LogP contribution is 2.53. The predicted molar refractivity (Wildman–Crippen MR) is 247 cm³/mol. The number of halogens is 1. The molecule has 1 saturated heterocycles. The zero-order valence-corrected chi connectivity index (χ0v) is 39.8. The lowest BCUT2D eigenvalue weighted by molar-refractivity contribution is -0.142. The molecule has 2 aromatic carbocycles. The van der Waals surface area contributed by atoms with Gasteiger partial charge in [-0.2, -0.15) is 0 Å². The topological polar surface area (TPSA) is 192 Å². The van der Waals surface area contributed by atoms with Gasteiger partial charge in [-0.3, -0.25) is 19.1 Å². The van der Waals surface area contributed by atoms with E-state index in [0.29, 0.717) is 65.3 Å². The second kappa shape index (κ2) is 17.9. The van der Waals surface area contributed by atoms with E-state index in [9.17, 15) is 22.8 Å². The van der Waals surface area contributed by atoms with Gasteiger partial charge in [0.15, 0.2) is 11.6 Å². The van der Waals surface area contributed by atoms with Crippen molar-refractivity contribution >= 4 is 44.6 Å². The van der Waals surface area contributed by atoms with Crippen LogP contribution in [0, 0.1) is 35.4 Å².